The molecule has 0 saturated heterocycles. The summed E-state index contributed by atoms with van der Waals surface area (Å²) in [4.78, 5) is 12.2. The second-order valence-electron chi connectivity index (χ2n) is 5.52. The zero-order valence-corrected chi connectivity index (χ0v) is 13.6. The van der Waals surface area contributed by atoms with Gasteiger partial charge < -0.3 is 4.74 Å². The largest absolute Gasteiger partial charge is 0.456 e. The van der Waals surface area contributed by atoms with Crippen molar-refractivity contribution in [2.24, 2.45) is 0 Å². The molecule has 112 valence electrons. The summed E-state index contributed by atoms with van der Waals surface area (Å²) < 4.78 is 20.5. The Morgan fingerprint density at radius 3 is 2.62 bits per heavy atom. The highest BCUT2D eigenvalue weighted by Crippen LogP contribution is 2.20. The lowest BCUT2D eigenvalue weighted by molar-refractivity contribution is 0.00687. The molecular weight excluding hydrogens is 339 g/mol. The molecule has 0 saturated carbocycles. The molecule has 1 aromatic carbocycles. The number of ether oxygens (including phenoxy) is 1. The Kier molecular flexibility index (Phi) is 4.46. The molecule has 2 aromatic rings. The fourth-order valence-electron chi connectivity index (χ4n) is 1.77. The van der Waals surface area contributed by atoms with Crippen LogP contribution in [0.1, 0.15) is 36.8 Å². The minimum Gasteiger partial charge on any atom is -0.456 e. The fraction of sp³-hybridized carbons (Fsp3) is 0.333. The zero-order valence-electron chi connectivity index (χ0n) is 12.1. The Morgan fingerprint density at radius 1 is 1.38 bits per heavy atom. The van der Waals surface area contributed by atoms with Gasteiger partial charge in [0.15, 0.2) is 0 Å². The molecule has 0 aliphatic carbocycles. The van der Waals surface area contributed by atoms with Crippen LogP contribution in [-0.2, 0) is 10.1 Å². The molecule has 0 amide bonds. The molecule has 0 aliphatic heterocycles. The van der Waals surface area contributed by atoms with E-state index in [-0.39, 0.29) is 5.69 Å². The quantitative estimate of drug-likeness (QED) is 0.620. The third-order valence-electron chi connectivity index (χ3n) is 2.64. The van der Waals surface area contributed by atoms with Gasteiger partial charge in [0.2, 0.25) is 0 Å². The van der Waals surface area contributed by atoms with Crippen LogP contribution in [0.3, 0.4) is 0 Å². The average Bonchev–Trinajstić information content (AvgIpc) is 2.81. The lowest BCUT2D eigenvalue weighted by Crippen LogP contribution is -2.24. The third kappa shape index (κ3) is 3.69. The van der Waals surface area contributed by atoms with E-state index >= 15 is 0 Å². The Balaban J connectivity index is 2.41. The van der Waals surface area contributed by atoms with Gasteiger partial charge in [0.1, 0.15) is 22.7 Å². The summed E-state index contributed by atoms with van der Waals surface area (Å²) in [5.41, 5.74) is 0.521. The fourth-order valence-corrected chi connectivity index (χ4v) is 2.19. The Labute approximate surface area is 131 Å². The Morgan fingerprint density at radius 2 is 2.05 bits per heavy atom. The second kappa shape index (κ2) is 5.97. The molecule has 0 spiro atoms. The summed E-state index contributed by atoms with van der Waals surface area (Å²) in [6, 6.07) is 6.25. The second-order valence-corrected chi connectivity index (χ2v) is 6.08. The summed E-state index contributed by atoms with van der Waals surface area (Å²) in [5.74, 6) is -0.878. The number of halogens is 2. The predicted molar refractivity (Wildman–Crippen MR) is 81.3 cm³/mol. The summed E-state index contributed by atoms with van der Waals surface area (Å²) in [6.45, 7) is 5.37. The molecule has 0 bridgehead atoms. The monoisotopic (exact) mass is 354 g/mol. The predicted octanol–water partition coefficient (Wildman–Crippen LogP) is 3.86. The average molecular weight is 355 g/mol. The number of benzene rings is 1. The van der Waals surface area contributed by atoms with Gasteiger partial charge in [-0.1, -0.05) is 28.1 Å². The standard InChI is InChI=1S/C15H16BrFN2O2/c1-15(2,3)21-14(20)10-9-19(18-12(10)8-16)13-7-5-4-6-11(13)17/h4-7,9H,8H2,1-3H3. The lowest BCUT2D eigenvalue weighted by Gasteiger charge is -2.19. The molecule has 6 heteroatoms. The van der Waals surface area contributed by atoms with Gasteiger partial charge in [0.05, 0.1) is 5.69 Å². The molecule has 0 fully saturated rings. The van der Waals surface area contributed by atoms with E-state index in [1.54, 1.807) is 39.0 Å². The van der Waals surface area contributed by atoms with Crippen molar-refractivity contribution in [2.75, 3.05) is 0 Å². The van der Waals surface area contributed by atoms with Crippen molar-refractivity contribution < 1.29 is 13.9 Å². The van der Waals surface area contributed by atoms with E-state index in [1.807, 2.05) is 0 Å². The number of carbonyl (C=O) groups excluding carboxylic acids is 1. The lowest BCUT2D eigenvalue weighted by atomic mass is 10.2. The smallest absolute Gasteiger partial charge is 0.342 e. The highest BCUT2D eigenvalue weighted by molar-refractivity contribution is 9.08. The van der Waals surface area contributed by atoms with Crippen LogP contribution in [0.4, 0.5) is 4.39 Å². The maximum absolute atomic E-state index is 13.8. The molecule has 0 aliphatic rings. The first-order chi connectivity index (χ1) is 9.81. The highest BCUT2D eigenvalue weighted by atomic mass is 79.9. The number of carbonyl (C=O) groups is 1. The minimum absolute atomic E-state index is 0.287. The Hall–Kier alpha value is -1.69. The van der Waals surface area contributed by atoms with Crippen molar-refractivity contribution in [2.45, 2.75) is 31.7 Å². The van der Waals surface area contributed by atoms with Gasteiger partial charge in [0, 0.05) is 11.5 Å². The molecule has 0 radical (unpaired) electrons. The number of aromatic nitrogens is 2. The third-order valence-corrected chi connectivity index (χ3v) is 3.17. The molecule has 0 unspecified atom stereocenters. The first-order valence-corrected chi connectivity index (χ1v) is 7.57. The van der Waals surface area contributed by atoms with E-state index in [2.05, 4.69) is 21.0 Å². The highest BCUT2D eigenvalue weighted by Gasteiger charge is 2.23. The van der Waals surface area contributed by atoms with Crippen LogP contribution >= 0.6 is 15.9 Å². The molecule has 0 N–H and O–H groups in total. The van der Waals surface area contributed by atoms with Crippen molar-refractivity contribution in [1.82, 2.24) is 9.78 Å². The van der Waals surface area contributed by atoms with Gasteiger partial charge in [0.25, 0.3) is 0 Å². The maximum atomic E-state index is 13.8. The van der Waals surface area contributed by atoms with Gasteiger partial charge in [-0.25, -0.2) is 13.9 Å². The van der Waals surface area contributed by atoms with E-state index in [0.29, 0.717) is 16.6 Å². The molecule has 21 heavy (non-hydrogen) atoms. The number of rotatable bonds is 3. The summed E-state index contributed by atoms with van der Waals surface area (Å²) in [5, 5.41) is 4.62. The molecule has 0 atom stereocenters. The number of hydrogen-bond acceptors (Lipinski definition) is 3. The number of nitrogens with zero attached hydrogens (tertiary/aromatic N) is 2. The zero-order chi connectivity index (χ0) is 15.6. The summed E-state index contributed by atoms with van der Waals surface area (Å²) >= 11 is 3.28. The number of para-hydroxylation sites is 1. The molecule has 1 heterocycles. The van der Waals surface area contributed by atoms with Crippen molar-refractivity contribution in [3.05, 3.63) is 47.5 Å². The van der Waals surface area contributed by atoms with Gasteiger partial charge in [-0.2, -0.15) is 5.10 Å². The van der Waals surface area contributed by atoms with Gasteiger partial charge in [-0.05, 0) is 32.9 Å². The maximum Gasteiger partial charge on any atom is 0.342 e. The normalized spacial score (nSPS) is 11.5. The van der Waals surface area contributed by atoms with Gasteiger partial charge in [-0.3, -0.25) is 0 Å². The van der Waals surface area contributed by atoms with Crippen molar-refractivity contribution >= 4 is 21.9 Å². The van der Waals surface area contributed by atoms with Crippen LogP contribution in [0.5, 0.6) is 0 Å². The van der Waals surface area contributed by atoms with Crippen LogP contribution in [0.15, 0.2) is 30.5 Å². The first-order valence-electron chi connectivity index (χ1n) is 6.44. The van der Waals surface area contributed by atoms with Gasteiger partial charge >= 0.3 is 5.97 Å². The van der Waals surface area contributed by atoms with Gasteiger partial charge in [-0.15, -0.1) is 0 Å². The summed E-state index contributed by atoms with van der Waals surface area (Å²) in [6.07, 6.45) is 1.49. The topological polar surface area (TPSA) is 44.1 Å². The van der Waals surface area contributed by atoms with E-state index in [4.69, 9.17) is 4.74 Å². The Bertz CT molecular complexity index is 662. The number of alkyl halides is 1. The summed E-state index contributed by atoms with van der Waals surface area (Å²) in [7, 11) is 0. The molecular formula is C15H16BrFN2O2. The van der Waals surface area contributed by atoms with Crippen molar-refractivity contribution in [3.63, 3.8) is 0 Å². The van der Waals surface area contributed by atoms with E-state index < -0.39 is 17.4 Å². The van der Waals surface area contributed by atoms with Crippen LogP contribution in [0.2, 0.25) is 0 Å². The van der Waals surface area contributed by atoms with Crippen LogP contribution < -0.4 is 0 Å². The van der Waals surface area contributed by atoms with E-state index in [9.17, 15) is 9.18 Å². The number of hydrogen-bond donors (Lipinski definition) is 0. The van der Waals surface area contributed by atoms with E-state index in [1.165, 1.54) is 16.9 Å². The van der Waals surface area contributed by atoms with Crippen LogP contribution in [0.25, 0.3) is 5.69 Å². The van der Waals surface area contributed by atoms with Crippen LogP contribution in [0, 0.1) is 5.82 Å². The molecule has 4 nitrogen and oxygen atoms in total. The van der Waals surface area contributed by atoms with Crippen molar-refractivity contribution in [1.29, 1.82) is 0 Å². The minimum atomic E-state index is -0.596. The SMILES string of the molecule is CC(C)(C)OC(=O)c1cn(-c2ccccc2F)nc1CBr. The molecule has 1 aromatic heterocycles. The first kappa shape index (κ1) is 15.7. The number of esters is 1. The van der Waals surface area contributed by atoms with E-state index in [0.717, 1.165) is 0 Å². The molecule has 2 rings (SSSR count). The van der Waals surface area contributed by atoms with Crippen molar-refractivity contribution in [3.8, 4) is 5.69 Å². The van der Waals surface area contributed by atoms with Crippen LogP contribution in [-0.4, -0.2) is 21.4 Å².